The standard InChI is InChI=1S/C14H25NO3/c1-9(2)8-11(15-12(16)10(3)4)13(17)18-14(5,6)7/h9,11H,3,8H2,1-2,4-7H3,(H,15,16)/t11-/m0/s1. The number of nitrogens with one attached hydrogen (secondary N) is 1. The van der Waals surface area contributed by atoms with Gasteiger partial charge in [0, 0.05) is 5.57 Å². The highest BCUT2D eigenvalue weighted by molar-refractivity contribution is 5.95. The molecule has 104 valence electrons. The van der Waals surface area contributed by atoms with Crippen molar-refractivity contribution in [2.45, 2.75) is 59.6 Å². The van der Waals surface area contributed by atoms with Crippen molar-refractivity contribution in [3.05, 3.63) is 12.2 Å². The Bertz CT molecular complexity index is 326. The van der Waals surface area contributed by atoms with Crippen molar-refractivity contribution in [2.75, 3.05) is 0 Å². The topological polar surface area (TPSA) is 55.4 Å². The van der Waals surface area contributed by atoms with Crippen molar-refractivity contribution >= 4 is 11.9 Å². The minimum atomic E-state index is -0.617. The molecule has 0 aromatic carbocycles. The molecule has 18 heavy (non-hydrogen) atoms. The zero-order valence-corrected chi connectivity index (χ0v) is 12.3. The summed E-state index contributed by atoms with van der Waals surface area (Å²) in [4.78, 5) is 23.6. The van der Waals surface area contributed by atoms with Crippen LogP contribution in [0.3, 0.4) is 0 Å². The van der Waals surface area contributed by atoms with Gasteiger partial charge in [0.15, 0.2) is 0 Å². The predicted molar refractivity (Wildman–Crippen MR) is 72.0 cm³/mol. The van der Waals surface area contributed by atoms with Gasteiger partial charge in [-0.25, -0.2) is 4.79 Å². The van der Waals surface area contributed by atoms with Gasteiger partial charge in [-0.1, -0.05) is 20.4 Å². The fraction of sp³-hybridized carbons (Fsp3) is 0.714. The predicted octanol–water partition coefficient (Wildman–Crippen LogP) is 2.44. The molecule has 0 aliphatic heterocycles. The quantitative estimate of drug-likeness (QED) is 0.606. The summed E-state index contributed by atoms with van der Waals surface area (Å²) in [5, 5.41) is 2.66. The van der Waals surface area contributed by atoms with E-state index in [0.29, 0.717) is 12.0 Å². The highest BCUT2D eigenvalue weighted by atomic mass is 16.6. The van der Waals surface area contributed by atoms with Gasteiger partial charge >= 0.3 is 5.97 Å². The molecule has 0 saturated heterocycles. The normalized spacial score (nSPS) is 13.1. The Balaban J connectivity index is 4.72. The zero-order valence-electron chi connectivity index (χ0n) is 12.3. The van der Waals surface area contributed by atoms with Crippen LogP contribution in [-0.4, -0.2) is 23.5 Å². The maximum atomic E-state index is 12.0. The maximum Gasteiger partial charge on any atom is 0.329 e. The fourth-order valence-corrected chi connectivity index (χ4v) is 1.34. The molecule has 4 nitrogen and oxygen atoms in total. The first kappa shape index (κ1) is 16.7. The van der Waals surface area contributed by atoms with E-state index in [1.54, 1.807) is 27.7 Å². The molecule has 1 amide bonds. The average Bonchev–Trinajstić information content (AvgIpc) is 2.12. The molecule has 0 aliphatic carbocycles. The minimum absolute atomic E-state index is 0.285. The van der Waals surface area contributed by atoms with Gasteiger partial charge in [-0.2, -0.15) is 0 Å². The summed E-state index contributed by atoms with van der Waals surface area (Å²) in [5.74, 6) is -0.426. The van der Waals surface area contributed by atoms with E-state index >= 15 is 0 Å². The lowest BCUT2D eigenvalue weighted by atomic mass is 10.0. The average molecular weight is 255 g/mol. The third kappa shape index (κ3) is 7.09. The molecule has 0 aliphatic rings. The van der Waals surface area contributed by atoms with E-state index in [4.69, 9.17) is 4.74 Å². The van der Waals surface area contributed by atoms with Crippen LogP contribution >= 0.6 is 0 Å². The van der Waals surface area contributed by atoms with E-state index in [-0.39, 0.29) is 11.8 Å². The number of esters is 1. The van der Waals surface area contributed by atoms with Crippen molar-refractivity contribution in [3.8, 4) is 0 Å². The summed E-state index contributed by atoms with van der Waals surface area (Å²) >= 11 is 0. The van der Waals surface area contributed by atoms with Crippen LogP contribution < -0.4 is 5.32 Å². The molecule has 0 unspecified atom stereocenters. The van der Waals surface area contributed by atoms with E-state index in [1.165, 1.54) is 0 Å². The Morgan fingerprint density at radius 2 is 1.78 bits per heavy atom. The molecular formula is C14H25NO3. The molecule has 0 rings (SSSR count). The molecule has 0 heterocycles. The fourth-order valence-electron chi connectivity index (χ4n) is 1.34. The van der Waals surface area contributed by atoms with Gasteiger partial charge in [-0.3, -0.25) is 4.79 Å². The van der Waals surface area contributed by atoms with Crippen LogP contribution in [0.15, 0.2) is 12.2 Å². The summed E-state index contributed by atoms with van der Waals surface area (Å²) in [6, 6.07) is -0.617. The summed E-state index contributed by atoms with van der Waals surface area (Å²) < 4.78 is 5.30. The van der Waals surface area contributed by atoms with Crippen molar-refractivity contribution in [2.24, 2.45) is 5.92 Å². The molecule has 1 N–H and O–H groups in total. The second-order valence-electron chi connectivity index (χ2n) is 5.97. The number of carbonyl (C=O) groups excluding carboxylic acids is 2. The lowest BCUT2D eigenvalue weighted by Gasteiger charge is -2.25. The molecule has 0 saturated carbocycles. The first-order chi connectivity index (χ1) is 8.03. The molecule has 0 aromatic heterocycles. The van der Waals surface area contributed by atoms with Crippen LogP contribution in [-0.2, 0) is 14.3 Å². The van der Waals surface area contributed by atoms with Crippen LogP contribution in [0.5, 0.6) is 0 Å². The van der Waals surface area contributed by atoms with Crippen molar-refractivity contribution in [1.82, 2.24) is 5.32 Å². The van der Waals surface area contributed by atoms with E-state index < -0.39 is 17.6 Å². The molecule has 4 heteroatoms. The van der Waals surface area contributed by atoms with Crippen LogP contribution in [0.25, 0.3) is 0 Å². The number of ether oxygens (including phenoxy) is 1. The number of hydrogen-bond acceptors (Lipinski definition) is 3. The summed E-state index contributed by atoms with van der Waals surface area (Å²) in [7, 11) is 0. The second-order valence-corrected chi connectivity index (χ2v) is 5.97. The van der Waals surface area contributed by atoms with Gasteiger partial charge in [-0.15, -0.1) is 0 Å². The van der Waals surface area contributed by atoms with E-state index in [1.807, 2.05) is 13.8 Å². The van der Waals surface area contributed by atoms with E-state index in [2.05, 4.69) is 11.9 Å². The van der Waals surface area contributed by atoms with Crippen LogP contribution in [0.4, 0.5) is 0 Å². The Morgan fingerprint density at radius 3 is 2.11 bits per heavy atom. The first-order valence-electron chi connectivity index (χ1n) is 6.22. The Labute approximate surface area is 110 Å². The van der Waals surface area contributed by atoms with Crippen LogP contribution in [0, 0.1) is 5.92 Å². The number of rotatable bonds is 5. The third-order valence-corrected chi connectivity index (χ3v) is 2.09. The highest BCUT2D eigenvalue weighted by Gasteiger charge is 2.27. The van der Waals surface area contributed by atoms with Crippen LogP contribution in [0.1, 0.15) is 48.0 Å². The lowest BCUT2D eigenvalue weighted by Crippen LogP contribution is -2.45. The zero-order chi connectivity index (χ0) is 14.5. The third-order valence-electron chi connectivity index (χ3n) is 2.09. The highest BCUT2D eigenvalue weighted by Crippen LogP contribution is 2.13. The van der Waals surface area contributed by atoms with E-state index in [9.17, 15) is 9.59 Å². The van der Waals surface area contributed by atoms with Gasteiger partial charge in [0.2, 0.25) is 5.91 Å². The summed E-state index contributed by atoms with van der Waals surface area (Å²) in [5.41, 5.74) is -0.174. The summed E-state index contributed by atoms with van der Waals surface area (Å²) in [6.07, 6.45) is 0.550. The van der Waals surface area contributed by atoms with Crippen molar-refractivity contribution < 1.29 is 14.3 Å². The molecule has 1 atom stereocenters. The van der Waals surface area contributed by atoms with Crippen molar-refractivity contribution in [1.29, 1.82) is 0 Å². The molecule has 0 aromatic rings. The first-order valence-corrected chi connectivity index (χ1v) is 6.22. The van der Waals surface area contributed by atoms with E-state index in [0.717, 1.165) is 0 Å². The smallest absolute Gasteiger partial charge is 0.329 e. The number of amides is 1. The molecular weight excluding hydrogens is 230 g/mol. The van der Waals surface area contributed by atoms with Gasteiger partial charge in [0.25, 0.3) is 0 Å². The van der Waals surface area contributed by atoms with Gasteiger partial charge < -0.3 is 10.1 Å². The van der Waals surface area contributed by atoms with Gasteiger partial charge in [0.05, 0.1) is 0 Å². The Morgan fingerprint density at radius 1 is 1.28 bits per heavy atom. The molecule has 0 radical (unpaired) electrons. The Hall–Kier alpha value is -1.32. The number of hydrogen-bond donors (Lipinski definition) is 1. The summed E-state index contributed by atoms with van der Waals surface area (Å²) in [6.45, 7) is 14.6. The van der Waals surface area contributed by atoms with Crippen molar-refractivity contribution in [3.63, 3.8) is 0 Å². The molecule has 0 bridgehead atoms. The monoisotopic (exact) mass is 255 g/mol. The van der Waals surface area contributed by atoms with Gasteiger partial charge in [-0.05, 0) is 40.0 Å². The SMILES string of the molecule is C=C(C)C(=O)N[C@@H](CC(C)C)C(=O)OC(C)(C)C. The van der Waals surface area contributed by atoms with Gasteiger partial charge in [0.1, 0.15) is 11.6 Å². The molecule has 0 spiro atoms. The van der Waals surface area contributed by atoms with Crippen LogP contribution in [0.2, 0.25) is 0 Å². The largest absolute Gasteiger partial charge is 0.458 e. The minimum Gasteiger partial charge on any atom is -0.458 e. The maximum absolute atomic E-state index is 12.0. The lowest BCUT2D eigenvalue weighted by molar-refractivity contribution is -0.158. The second kappa shape index (κ2) is 6.57. The number of carbonyl (C=O) groups is 2. The molecule has 0 fully saturated rings. The Kier molecular flexibility index (Phi) is 6.09.